The molecule has 1 fully saturated rings. The van der Waals surface area contributed by atoms with Gasteiger partial charge in [-0.15, -0.1) is 10.2 Å². The van der Waals surface area contributed by atoms with Crippen LogP contribution in [0.25, 0.3) is 0 Å². The van der Waals surface area contributed by atoms with Crippen molar-refractivity contribution in [2.75, 3.05) is 25.0 Å². The van der Waals surface area contributed by atoms with Gasteiger partial charge >= 0.3 is 12.2 Å². The molecule has 1 saturated heterocycles. The molecule has 152 valence electrons. The Morgan fingerprint density at radius 2 is 1.79 bits per heavy atom. The van der Waals surface area contributed by atoms with Crippen molar-refractivity contribution in [3.63, 3.8) is 0 Å². The van der Waals surface area contributed by atoms with E-state index in [1.807, 2.05) is 0 Å². The predicted molar refractivity (Wildman–Crippen MR) is 95.3 cm³/mol. The number of halogens is 3. The Morgan fingerprint density at radius 1 is 1.07 bits per heavy atom. The van der Waals surface area contributed by atoms with Gasteiger partial charge in [-0.25, -0.2) is 4.79 Å². The summed E-state index contributed by atoms with van der Waals surface area (Å²) in [6, 6.07) is 6.24. The summed E-state index contributed by atoms with van der Waals surface area (Å²) in [4.78, 5) is 38.9. The smallest absolute Gasteiger partial charge is 0.354 e. The van der Waals surface area contributed by atoms with Crippen molar-refractivity contribution >= 4 is 23.7 Å². The van der Waals surface area contributed by atoms with Crippen LogP contribution in [-0.2, 0) is 6.18 Å². The topological polar surface area (TPSA) is 95.5 Å². The lowest BCUT2D eigenvalue weighted by Crippen LogP contribution is -2.52. The van der Waals surface area contributed by atoms with E-state index in [0.29, 0.717) is 6.42 Å². The molecule has 1 aliphatic heterocycles. The van der Waals surface area contributed by atoms with Crippen LogP contribution in [-0.4, -0.2) is 53.1 Å². The molecule has 4 amide bonds. The molecule has 1 aromatic heterocycles. The van der Waals surface area contributed by atoms with E-state index in [9.17, 15) is 27.6 Å². The molecule has 0 aliphatic carbocycles. The monoisotopic (exact) mass is 407 g/mol. The van der Waals surface area contributed by atoms with Crippen molar-refractivity contribution in [1.82, 2.24) is 20.4 Å². The first-order chi connectivity index (χ1) is 13.7. The van der Waals surface area contributed by atoms with Gasteiger partial charge < -0.3 is 5.32 Å². The molecule has 8 nitrogen and oxygen atoms in total. The number of aromatic nitrogens is 2. The second-order valence-electron chi connectivity index (χ2n) is 6.14. The fraction of sp³-hybridized carbons (Fsp3) is 0.278. The molecule has 0 spiro atoms. The average molecular weight is 407 g/mol. The van der Waals surface area contributed by atoms with Crippen LogP contribution in [0.5, 0.6) is 0 Å². The van der Waals surface area contributed by atoms with Crippen LogP contribution in [0.4, 0.5) is 23.8 Å². The van der Waals surface area contributed by atoms with Gasteiger partial charge in [-0.2, -0.15) is 13.2 Å². The zero-order chi connectivity index (χ0) is 21.2. The molecule has 0 radical (unpaired) electrons. The van der Waals surface area contributed by atoms with Crippen LogP contribution >= 0.6 is 0 Å². The fourth-order valence-electron chi connectivity index (χ4n) is 2.91. The minimum atomic E-state index is -4.73. The van der Waals surface area contributed by atoms with Crippen molar-refractivity contribution in [3.8, 4) is 0 Å². The van der Waals surface area contributed by atoms with Crippen LogP contribution in [0, 0.1) is 0 Å². The molecule has 1 aliphatic rings. The van der Waals surface area contributed by atoms with Gasteiger partial charge in [-0.3, -0.25) is 19.4 Å². The summed E-state index contributed by atoms with van der Waals surface area (Å²) in [7, 11) is 1.42. The number of benzene rings is 1. The van der Waals surface area contributed by atoms with E-state index < -0.39 is 35.1 Å². The molecular formula is C18H16F3N5O3. The van der Waals surface area contributed by atoms with Crippen molar-refractivity contribution in [3.05, 3.63) is 53.2 Å². The quantitative estimate of drug-likeness (QED) is 0.843. The first-order valence-electron chi connectivity index (χ1n) is 8.59. The number of rotatable bonds is 3. The minimum absolute atomic E-state index is 0.0237. The van der Waals surface area contributed by atoms with Gasteiger partial charge in [0.25, 0.3) is 11.8 Å². The van der Waals surface area contributed by atoms with Crippen molar-refractivity contribution in [1.29, 1.82) is 0 Å². The lowest BCUT2D eigenvalue weighted by atomic mass is 10.1. The molecule has 29 heavy (non-hydrogen) atoms. The van der Waals surface area contributed by atoms with Crippen LogP contribution < -0.4 is 10.2 Å². The first kappa shape index (κ1) is 20.2. The van der Waals surface area contributed by atoms with Gasteiger partial charge in [0.2, 0.25) is 0 Å². The van der Waals surface area contributed by atoms with Crippen LogP contribution in [0.3, 0.4) is 0 Å². The normalized spacial score (nSPS) is 14.7. The fourth-order valence-corrected chi connectivity index (χ4v) is 2.91. The van der Waals surface area contributed by atoms with E-state index in [2.05, 4.69) is 15.5 Å². The number of amides is 4. The summed E-state index contributed by atoms with van der Waals surface area (Å²) in [6.45, 7) is 0.182. The standard InChI is InChI=1S/C18H16F3N5O3/c1-22-15(27)13-7-8-14(24-23-13)25-9-4-10-26(17(25)29)16(28)11-5-2-3-6-12(11)18(19,20)21/h2-3,5-8H,4,9-10H2,1H3,(H,22,27). The Kier molecular flexibility index (Phi) is 5.48. The van der Waals surface area contributed by atoms with Gasteiger partial charge in [0, 0.05) is 20.1 Å². The maximum absolute atomic E-state index is 13.2. The average Bonchev–Trinajstić information content (AvgIpc) is 2.72. The highest BCUT2D eigenvalue weighted by Crippen LogP contribution is 2.33. The maximum atomic E-state index is 13.2. The number of urea groups is 1. The van der Waals surface area contributed by atoms with Crippen molar-refractivity contribution < 1.29 is 27.6 Å². The van der Waals surface area contributed by atoms with Gasteiger partial charge in [-0.05, 0) is 30.7 Å². The third kappa shape index (κ3) is 4.03. The summed E-state index contributed by atoms with van der Waals surface area (Å²) >= 11 is 0. The highest BCUT2D eigenvalue weighted by atomic mass is 19.4. The number of nitrogens with zero attached hydrogens (tertiary/aromatic N) is 4. The van der Waals surface area contributed by atoms with E-state index in [0.717, 1.165) is 21.9 Å². The number of alkyl halides is 3. The summed E-state index contributed by atoms with van der Waals surface area (Å²) in [5.41, 5.74) is -1.67. The van der Waals surface area contributed by atoms with E-state index in [1.165, 1.54) is 31.3 Å². The van der Waals surface area contributed by atoms with Crippen molar-refractivity contribution in [2.45, 2.75) is 12.6 Å². The Hall–Kier alpha value is -3.50. The highest BCUT2D eigenvalue weighted by molar-refractivity contribution is 6.09. The molecule has 0 atom stereocenters. The van der Waals surface area contributed by atoms with Gasteiger partial charge in [0.1, 0.15) is 0 Å². The molecule has 2 aromatic rings. The van der Waals surface area contributed by atoms with Gasteiger partial charge in [-0.1, -0.05) is 12.1 Å². The largest absolute Gasteiger partial charge is 0.417 e. The third-order valence-corrected chi connectivity index (χ3v) is 4.32. The number of imide groups is 1. The molecular weight excluding hydrogens is 391 g/mol. The number of hydrogen-bond donors (Lipinski definition) is 1. The van der Waals surface area contributed by atoms with E-state index >= 15 is 0 Å². The molecule has 11 heteroatoms. The molecule has 1 aromatic carbocycles. The first-order valence-corrected chi connectivity index (χ1v) is 8.59. The van der Waals surface area contributed by atoms with Gasteiger partial charge in [0.15, 0.2) is 11.5 Å². The SMILES string of the molecule is CNC(=O)c1ccc(N2CCCN(C(=O)c3ccccc3C(F)(F)F)C2=O)nn1. The maximum Gasteiger partial charge on any atom is 0.417 e. The molecule has 1 N–H and O–H groups in total. The lowest BCUT2D eigenvalue weighted by Gasteiger charge is -2.33. The molecule has 3 rings (SSSR count). The Balaban J connectivity index is 1.87. The summed E-state index contributed by atoms with van der Waals surface area (Å²) in [5.74, 6) is -1.42. The molecule has 0 bridgehead atoms. The number of carbonyl (C=O) groups excluding carboxylic acids is 3. The second kappa shape index (κ2) is 7.86. The summed E-state index contributed by atoms with van der Waals surface area (Å²) in [6.07, 6.45) is -4.39. The molecule has 2 heterocycles. The summed E-state index contributed by atoms with van der Waals surface area (Å²) in [5, 5.41) is 9.93. The minimum Gasteiger partial charge on any atom is -0.354 e. The predicted octanol–water partition coefficient (Wildman–Crippen LogP) is 2.33. The molecule has 0 saturated carbocycles. The Labute approximate surface area is 163 Å². The van der Waals surface area contributed by atoms with Crippen LogP contribution in [0.2, 0.25) is 0 Å². The van der Waals surface area contributed by atoms with Crippen LogP contribution in [0.1, 0.15) is 32.8 Å². The van der Waals surface area contributed by atoms with E-state index in [4.69, 9.17) is 0 Å². The number of anilines is 1. The Morgan fingerprint density at radius 3 is 2.41 bits per heavy atom. The lowest BCUT2D eigenvalue weighted by molar-refractivity contribution is -0.138. The number of hydrogen-bond acceptors (Lipinski definition) is 5. The van der Waals surface area contributed by atoms with E-state index in [1.54, 1.807) is 0 Å². The summed E-state index contributed by atoms with van der Waals surface area (Å²) < 4.78 is 39.7. The zero-order valence-electron chi connectivity index (χ0n) is 15.2. The zero-order valence-corrected chi connectivity index (χ0v) is 15.2. The Bertz CT molecular complexity index is 947. The van der Waals surface area contributed by atoms with Crippen molar-refractivity contribution in [2.24, 2.45) is 0 Å². The number of nitrogens with one attached hydrogen (secondary N) is 1. The second-order valence-corrected chi connectivity index (χ2v) is 6.14. The number of carbonyl (C=O) groups is 3. The van der Waals surface area contributed by atoms with Gasteiger partial charge in [0.05, 0.1) is 11.1 Å². The molecule has 0 unspecified atom stereocenters. The third-order valence-electron chi connectivity index (χ3n) is 4.32. The highest BCUT2D eigenvalue weighted by Gasteiger charge is 2.39. The van der Waals surface area contributed by atoms with E-state index in [-0.39, 0.29) is 24.6 Å². The van der Waals surface area contributed by atoms with Crippen LogP contribution in [0.15, 0.2) is 36.4 Å².